The highest BCUT2D eigenvalue weighted by Crippen LogP contribution is 2.45. The number of esters is 1. The van der Waals surface area contributed by atoms with Gasteiger partial charge in [0, 0.05) is 41.4 Å². The second-order valence-corrected chi connectivity index (χ2v) is 7.95. The maximum atomic E-state index is 13.2. The number of benzene rings is 2. The van der Waals surface area contributed by atoms with Crippen molar-refractivity contribution in [3.63, 3.8) is 0 Å². The van der Waals surface area contributed by atoms with Crippen molar-refractivity contribution >= 4 is 17.4 Å². The molecule has 7 nitrogen and oxygen atoms in total. The second kappa shape index (κ2) is 9.18. The van der Waals surface area contributed by atoms with E-state index in [1.54, 1.807) is 25.1 Å². The summed E-state index contributed by atoms with van der Waals surface area (Å²) >= 11 is 0. The maximum absolute atomic E-state index is 13.2. The van der Waals surface area contributed by atoms with Crippen LogP contribution in [0.4, 0.5) is 5.69 Å². The molecule has 0 amide bonds. The molecule has 164 valence electrons. The molecular weight excluding hydrogens is 408 g/mol. The first-order valence-corrected chi connectivity index (χ1v) is 10.7. The zero-order chi connectivity index (χ0) is 22.7. The Balaban J connectivity index is 1.70. The Bertz CT molecular complexity index is 1130. The van der Waals surface area contributed by atoms with Gasteiger partial charge in [0.2, 0.25) is 0 Å². The fourth-order valence-corrected chi connectivity index (χ4v) is 4.45. The van der Waals surface area contributed by atoms with Gasteiger partial charge in [-0.25, -0.2) is 4.79 Å². The molecule has 2 aromatic carbocycles. The van der Waals surface area contributed by atoms with E-state index in [1.807, 2.05) is 30.3 Å². The molecule has 0 saturated heterocycles. The monoisotopic (exact) mass is 432 g/mol. The summed E-state index contributed by atoms with van der Waals surface area (Å²) in [6, 6.07) is 15.9. The normalized spacial score (nSPS) is 18.2. The molecule has 0 bridgehead atoms. The third-order valence-electron chi connectivity index (χ3n) is 5.91. The number of Topliss-reactive ketones (excluding diaryl/α,β-unsaturated/α-hetero) is 1. The first-order valence-electron chi connectivity index (χ1n) is 10.7. The van der Waals surface area contributed by atoms with E-state index in [-0.39, 0.29) is 23.7 Å². The Morgan fingerprint density at radius 1 is 1.12 bits per heavy atom. The quantitative estimate of drug-likeness (QED) is 0.414. The molecule has 0 unspecified atom stereocenters. The van der Waals surface area contributed by atoms with E-state index in [1.165, 1.54) is 6.07 Å². The molecule has 1 aliphatic heterocycles. The molecule has 2 aliphatic rings. The summed E-state index contributed by atoms with van der Waals surface area (Å²) in [6.45, 7) is 1.92. The van der Waals surface area contributed by atoms with E-state index in [9.17, 15) is 19.7 Å². The van der Waals surface area contributed by atoms with Gasteiger partial charge < -0.3 is 10.1 Å². The van der Waals surface area contributed by atoms with Gasteiger partial charge in [-0.05, 0) is 25.3 Å². The lowest BCUT2D eigenvalue weighted by Crippen LogP contribution is -2.34. The van der Waals surface area contributed by atoms with E-state index in [0.29, 0.717) is 42.5 Å². The minimum Gasteiger partial charge on any atom is -0.462 e. The molecular formula is C25H24N2O5. The van der Waals surface area contributed by atoms with Gasteiger partial charge in [-0.2, -0.15) is 0 Å². The summed E-state index contributed by atoms with van der Waals surface area (Å²) in [5, 5.41) is 15.0. The van der Waals surface area contributed by atoms with Gasteiger partial charge in [-0.15, -0.1) is 0 Å². The Hall–Kier alpha value is -3.74. The van der Waals surface area contributed by atoms with Gasteiger partial charge in [-0.1, -0.05) is 48.5 Å². The molecule has 0 radical (unpaired) electrons. The average Bonchev–Trinajstić information content (AvgIpc) is 2.79. The third-order valence-corrected chi connectivity index (χ3v) is 5.91. The molecule has 32 heavy (non-hydrogen) atoms. The molecule has 1 atom stereocenters. The number of allylic oxidation sites excluding steroid dienone is 3. The number of carbonyl (C=O) groups is 2. The molecule has 0 saturated carbocycles. The van der Waals surface area contributed by atoms with E-state index in [4.69, 9.17) is 4.74 Å². The molecule has 1 N–H and O–H groups in total. The predicted octanol–water partition coefficient (Wildman–Crippen LogP) is 4.35. The van der Waals surface area contributed by atoms with Crippen LogP contribution in [0.2, 0.25) is 0 Å². The lowest BCUT2D eigenvalue weighted by atomic mass is 9.75. The fraction of sp³-hybridized carbons (Fsp3) is 0.280. The largest absolute Gasteiger partial charge is 0.462 e. The molecule has 0 spiro atoms. The van der Waals surface area contributed by atoms with Crippen molar-refractivity contribution in [2.45, 2.75) is 38.5 Å². The van der Waals surface area contributed by atoms with Crippen molar-refractivity contribution in [3.05, 3.63) is 98.4 Å². The number of rotatable bonds is 6. The Kier molecular flexibility index (Phi) is 6.16. The van der Waals surface area contributed by atoms with Crippen molar-refractivity contribution in [1.82, 2.24) is 5.32 Å². The molecule has 7 heteroatoms. The number of ether oxygens (including phenoxy) is 1. The number of dihydropyridines is 1. The van der Waals surface area contributed by atoms with Crippen molar-refractivity contribution in [2.75, 3.05) is 6.61 Å². The predicted molar refractivity (Wildman–Crippen MR) is 119 cm³/mol. The number of hydrogen-bond donors (Lipinski definition) is 1. The lowest BCUT2D eigenvalue weighted by Gasteiger charge is -2.33. The fourth-order valence-electron chi connectivity index (χ4n) is 4.45. The van der Waals surface area contributed by atoms with Crippen LogP contribution in [0.3, 0.4) is 0 Å². The second-order valence-electron chi connectivity index (χ2n) is 7.95. The molecule has 1 heterocycles. The van der Waals surface area contributed by atoms with Crippen LogP contribution in [0.25, 0.3) is 0 Å². The number of nitro benzene ring substituents is 1. The third kappa shape index (κ3) is 4.19. The van der Waals surface area contributed by atoms with Crippen molar-refractivity contribution in [3.8, 4) is 0 Å². The number of nitrogens with one attached hydrogen (secondary N) is 1. The van der Waals surface area contributed by atoms with E-state index in [0.717, 1.165) is 11.3 Å². The highest BCUT2D eigenvalue weighted by atomic mass is 16.6. The minimum atomic E-state index is -0.829. The van der Waals surface area contributed by atoms with Crippen LogP contribution in [-0.2, 0) is 20.7 Å². The number of carbonyl (C=O) groups excluding carboxylic acids is 2. The highest BCUT2D eigenvalue weighted by molar-refractivity contribution is 6.04. The summed E-state index contributed by atoms with van der Waals surface area (Å²) in [7, 11) is 0. The first-order chi connectivity index (χ1) is 15.5. The van der Waals surface area contributed by atoms with E-state index >= 15 is 0 Å². The summed E-state index contributed by atoms with van der Waals surface area (Å²) in [4.78, 5) is 37.4. The van der Waals surface area contributed by atoms with Crippen LogP contribution >= 0.6 is 0 Å². The summed E-state index contributed by atoms with van der Waals surface area (Å²) in [6.07, 6.45) is 2.27. The van der Waals surface area contributed by atoms with Crippen LogP contribution in [0.1, 0.15) is 43.2 Å². The smallest absolute Gasteiger partial charge is 0.336 e. The summed E-state index contributed by atoms with van der Waals surface area (Å²) in [5.41, 5.74) is 3.24. The highest BCUT2D eigenvalue weighted by Gasteiger charge is 2.41. The van der Waals surface area contributed by atoms with E-state index in [2.05, 4.69) is 5.32 Å². The van der Waals surface area contributed by atoms with Gasteiger partial charge in [0.1, 0.15) is 0 Å². The van der Waals surface area contributed by atoms with Crippen LogP contribution in [0, 0.1) is 10.1 Å². The molecule has 0 aromatic heterocycles. The van der Waals surface area contributed by atoms with Gasteiger partial charge in [0.25, 0.3) is 5.69 Å². The lowest BCUT2D eigenvalue weighted by molar-refractivity contribution is -0.385. The zero-order valence-electron chi connectivity index (χ0n) is 17.8. The summed E-state index contributed by atoms with van der Waals surface area (Å²) < 4.78 is 5.58. The number of para-hydroxylation sites is 1. The molecule has 4 rings (SSSR count). The van der Waals surface area contributed by atoms with Gasteiger partial charge in [-0.3, -0.25) is 14.9 Å². The average molecular weight is 432 g/mol. The zero-order valence-corrected chi connectivity index (χ0v) is 17.8. The maximum Gasteiger partial charge on any atom is 0.336 e. The van der Waals surface area contributed by atoms with Crippen molar-refractivity contribution < 1.29 is 19.2 Å². The van der Waals surface area contributed by atoms with Crippen LogP contribution < -0.4 is 5.32 Å². The number of nitro groups is 1. The van der Waals surface area contributed by atoms with E-state index < -0.39 is 16.8 Å². The number of hydrogen-bond acceptors (Lipinski definition) is 6. The SMILES string of the molecule is CC1=C(C(=O)OCCc2ccccc2)[C@H](c2ccccc2[N+](=O)[O-])C2=C(CCCC2=O)N1. The standard InChI is InChI=1S/C25H24N2O5/c1-16-22(25(29)32-15-14-17-8-3-2-4-9-17)23(18-10-5-6-12-20(18)27(30)31)24-19(26-16)11-7-13-21(24)28/h2-6,8-10,12,23,26H,7,11,13-15H2,1H3/t23-/m0/s1. The van der Waals surface area contributed by atoms with Crippen LogP contribution in [0.15, 0.2) is 77.1 Å². The first kappa shape index (κ1) is 21.5. The van der Waals surface area contributed by atoms with Gasteiger partial charge in [0.15, 0.2) is 5.78 Å². The Morgan fingerprint density at radius 3 is 2.59 bits per heavy atom. The van der Waals surface area contributed by atoms with Crippen LogP contribution in [0.5, 0.6) is 0 Å². The Morgan fingerprint density at radius 2 is 1.84 bits per heavy atom. The number of ketones is 1. The molecule has 0 fully saturated rings. The summed E-state index contributed by atoms with van der Waals surface area (Å²) in [5.74, 6) is -1.49. The topological polar surface area (TPSA) is 98.5 Å². The van der Waals surface area contributed by atoms with Crippen molar-refractivity contribution in [2.24, 2.45) is 0 Å². The van der Waals surface area contributed by atoms with Gasteiger partial charge >= 0.3 is 5.97 Å². The molecule has 2 aromatic rings. The Labute approximate surface area is 185 Å². The van der Waals surface area contributed by atoms with Crippen molar-refractivity contribution in [1.29, 1.82) is 0 Å². The van der Waals surface area contributed by atoms with Crippen LogP contribution in [-0.4, -0.2) is 23.3 Å². The van der Waals surface area contributed by atoms with Gasteiger partial charge in [0.05, 0.1) is 23.0 Å². The molecule has 1 aliphatic carbocycles. The minimum absolute atomic E-state index is 0.0935. The number of nitrogens with zero attached hydrogens (tertiary/aromatic N) is 1.